The summed E-state index contributed by atoms with van der Waals surface area (Å²) in [5.41, 5.74) is 0.994. The molecule has 3 fully saturated rings. The van der Waals surface area contributed by atoms with Crippen molar-refractivity contribution in [2.45, 2.75) is 31.2 Å². The number of nitrogens with zero attached hydrogens (tertiary/aromatic N) is 1. The fourth-order valence-electron chi connectivity index (χ4n) is 5.53. The molecule has 8 heteroatoms. The van der Waals surface area contributed by atoms with E-state index in [9.17, 15) is 14.7 Å². The second kappa shape index (κ2) is 8.36. The largest absolute Gasteiger partial charge is 0.508 e. The Morgan fingerprint density at radius 2 is 1.88 bits per heavy atom. The van der Waals surface area contributed by atoms with E-state index in [1.807, 2.05) is 0 Å². The molecule has 0 radical (unpaired) electrons. The van der Waals surface area contributed by atoms with Gasteiger partial charge in [0, 0.05) is 42.1 Å². The molecule has 0 aliphatic carbocycles. The van der Waals surface area contributed by atoms with Crippen LogP contribution in [-0.4, -0.2) is 48.4 Å². The number of fused-ring (bicyclic) bond motifs is 5. The van der Waals surface area contributed by atoms with E-state index in [0.29, 0.717) is 39.5 Å². The predicted molar refractivity (Wildman–Crippen MR) is 124 cm³/mol. The van der Waals surface area contributed by atoms with E-state index in [2.05, 4.69) is 10.2 Å². The van der Waals surface area contributed by atoms with Crippen LogP contribution in [0.15, 0.2) is 51.9 Å². The Morgan fingerprint density at radius 3 is 2.65 bits per heavy atom. The van der Waals surface area contributed by atoms with Gasteiger partial charge in [0.15, 0.2) is 16.9 Å². The first-order valence-electron chi connectivity index (χ1n) is 11.7. The number of phenolic OH excluding ortho intramolecular Hbond substituents is 1. The SMILES string of the molecule is O=C(C[C@H](c1cc2c(cc1O)OCO2)c1coc2ccccc2c1=O)N[C@H]1CN2CCC1CC2. The fraction of sp³-hybridized carbons (Fsp3) is 0.385. The molecule has 0 spiro atoms. The second-order valence-electron chi connectivity index (χ2n) is 9.35. The third-order valence-corrected chi connectivity index (χ3v) is 7.37. The summed E-state index contributed by atoms with van der Waals surface area (Å²) in [6, 6.07) is 10.2. The van der Waals surface area contributed by atoms with E-state index >= 15 is 0 Å². The van der Waals surface area contributed by atoms with E-state index in [1.54, 1.807) is 30.3 Å². The number of aromatic hydroxyl groups is 1. The van der Waals surface area contributed by atoms with Gasteiger partial charge in [0.1, 0.15) is 11.3 Å². The second-order valence-corrected chi connectivity index (χ2v) is 9.35. The number of nitrogens with one attached hydrogen (secondary N) is 1. The lowest BCUT2D eigenvalue weighted by atomic mass is 9.83. The number of carbonyl (C=O) groups is 1. The molecular formula is C26H26N2O6. The summed E-state index contributed by atoms with van der Waals surface area (Å²) in [5, 5.41) is 14.5. The van der Waals surface area contributed by atoms with Crippen LogP contribution in [0.3, 0.4) is 0 Å². The highest BCUT2D eigenvalue weighted by Gasteiger charge is 2.36. The molecule has 4 aliphatic heterocycles. The number of hydrogen-bond donors (Lipinski definition) is 2. The Labute approximate surface area is 196 Å². The maximum atomic E-state index is 13.4. The van der Waals surface area contributed by atoms with Crippen molar-refractivity contribution in [1.29, 1.82) is 0 Å². The molecule has 2 atom stereocenters. The molecule has 8 nitrogen and oxygen atoms in total. The van der Waals surface area contributed by atoms with E-state index in [1.165, 1.54) is 12.3 Å². The number of piperidine rings is 3. The van der Waals surface area contributed by atoms with Crippen molar-refractivity contribution in [3.05, 3.63) is 64.0 Å². The number of ether oxygens (including phenoxy) is 2. The third kappa shape index (κ3) is 3.68. The van der Waals surface area contributed by atoms with Crippen molar-refractivity contribution in [2.24, 2.45) is 5.92 Å². The van der Waals surface area contributed by atoms with Crippen LogP contribution < -0.4 is 20.2 Å². The maximum absolute atomic E-state index is 13.4. The van der Waals surface area contributed by atoms with Gasteiger partial charge in [-0.3, -0.25) is 9.59 Å². The van der Waals surface area contributed by atoms with E-state index in [-0.39, 0.29) is 36.3 Å². The summed E-state index contributed by atoms with van der Waals surface area (Å²) in [7, 11) is 0. The van der Waals surface area contributed by atoms with Gasteiger partial charge in [-0.1, -0.05) is 12.1 Å². The van der Waals surface area contributed by atoms with Crippen molar-refractivity contribution < 1.29 is 23.8 Å². The standard InChI is InChI=1S/C26H26N2O6/c29-21-11-24-23(33-14-34-24)9-18(21)17(19-13-32-22-4-2-1-3-16(22)26(19)31)10-25(30)27-20-12-28-7-5-15(20)6-8-28/h1-4,9,11,13,15,17,20,29H,5-8,10,12,14H2,(H,27,30)/t17-,20+/m1/s1. The molecular weight excluding hydrogens is 436 g/mol. The van der Waals surface area contributed by atoms with Crippen LogP contribution in [-0.2, 0) is 4.79 Å². The highest BCUT2D eigenvalue weighted by molar-refractivity contribution is 5.80. The first-order valence-corrected chi connectivity index (χ1v) is 11.7. The Hall–Kier alpha value is -3.52. The molecule has 7 rings (SSSR count). The summed E-state index contributed by atoms with van der Waals surface area (Å²) >= 11 is 0. The van der Waals surface area contributed by atoms with Gasteiger partial charge < -0.3 is 29.2 Å². The zero-order valence-electron chi connectivity index (χ0n) is 18.7. The predicted octanol–water partition coefficient (Wildman–Crippen LogP) is 2.96. The zero-order chi connectivity index (χ0) is 23.2. The number of hydrogen-bond acceptors (Lipinski definition) is 7. The van der Waals surface area contributed by atoms with Gasteiger partial charge in [-0.05, 0) is 50.0 Å². The lowest BCUT2D eigenvalue weighted by Crippen LogP contribution is -2.57. The zero-order valence-corrected chi connectivity index (χ0v) is 18.7. The van der Waals surface area contributed by atoms with E-state index in [4.69, 9.17) is 13.9 Å². The van der Waals surface area contributed by atoms with Crippen LogP contribution in [0.4, 0.5) is 0 Å². The summed E-state index contributed by atoms with van der Waals surface area (Å²) in [4.78, 5) is 29.1. The highest BCUT2D eigenvalue weighted by Crippen LogP contribution is 2.43. The Kier molecular flexibility index (Phi) is 5.17. The third-order valence-electron chi connectivity index (χ3n) is 7.37. The van der Waals surface area contributed by atoms with Crippen LogP contribution in [0, 0.1) is 5.92 Å². The van der Waals surface area contributed by atoms with E-state index in [0.717, 1.165) is 32.5 Å². The number of amides is 1. The van der Waals surface area contributed by atoms with Gasteiger partial charge >= 0.3 is 0 Å². The van der Waals surface area contributed by atoms with Crippen molar-refractivity contribution in [1.82, 2.24) is 10.2 Å². The Morgan fingerprint density at radius 1 is 1.12 bits per heavy atom. The summed E-state index contributed by atoms with van der Waals surface area (Å²) < 4.78 is 16.6. The number of rotatable bonds is 5. The topological polar surface area (TPSA) is 101 Å². The molecule has 2 aromatic carbocycles. The van der Waals surface area contributed by atoms with Gasteiger partial charge in [-0.15, -0.1) is 0 Å². The molecule has 0 unspecified atom stereocenters. The van der Waals surface area contributed by atoms with Crippen LogP contribution in [0.25, 0.3) is 11.0 Å². The minimum Gasteiger partial charge on any atom is -0.508 e. The lowest BCUT2D eigenvalue weighted by molar-refractivity contribution is -0.123. The molecule has 3 aromatic rings. The van der Waals surface area contributed by atoms with Crippen LogP contribution in [0.5, 0.6) is 17.2 Å². The number of benzene rings is 2. The molecule has 1 amide bonds. The molecule has 4 aliphatic rings. The molecule has 5 heterocycles. The summed E-state index contributed by atoms with van der Waals surface area (Å²) in [6.07, 6.45) is 3.58. The van der Waals surface area contributed by atoms with Crippen LogP contribution in [0.1, 0.15) is 36.3 Å². The van der Waals surface area contributed by atoms with Crippen molar-refractivity contribution in [3.63, 3.8) is 0 Å². The minimum absolute atomic E-state index is 0.000472. The first-order chi connectivity index (χ1) is 16.6. The van der Waals surface area contributed by atoms with Gasteiger partial charge in [0.2, 0.25) is 12.7 Å². The maximum Gasteiger partial charge on any atom is 0.231 e. The molecule has 3 saturated heterocycles. The smallest absolute Gasteiger partial charge is 0.231 e. The van der Waals surface area contributed by atoms with Gasteiger partial charge in [-0.25, -0.2) is 0 Å². The molecule has 1 aromatic heterocycles. The van der Waals surface area contributed by atoms with Gasteiger partial charge in [-0.2, -0.15) is 0 Å². The lowest BCUT2D eigenvalue weighted by Gasteiger charge is -2.45. The van der Waals surface area contributed by atoms with Gasteiger partial charge in [0.25, 0.3) is 0 Å². The molecule has 176 valence electrons. The molecule has 2 bridgehead atoms. The first kappa shape index (κ1) is 21.0. The van der Waals surface area contributed by atoms with E-state index < -0.39 is 5.92 Å². The average Bonchev–Trinajstić information content (AvgIpc) is 3.31. The highest BCUT2D eigenvalue weighted by atomic mass is 16.7. The average molecular weight is 463 g/mol. The normalized spacial score (nSPS) is 23.7. The van der Waals surface area contributed by atoms with Crippen molar-refractivity contribution in [2.75, 3.05) is 26.4 Å². The Bertz CT molecular complexity index is 1310. The molecule has 0 saturated carbocycles. The number of carbonyl (C=O) groups excluding carboxylic acids is 1. The number of para-hydroxylation sites is 1. The van der Waals surface area contributed by atoms with Crippen molar-refractivity contribution >= 4 is 16.9 Å². The fourth-order valence-corrected chi connectivity index (χ4v) is 5.53. The van der Waals surface area contributed by atoms with Crippen molar-refractivity contribution in [3.8, 4) is 17.2 Å². The molecule has 2 N–H and O–H groups in total. The van der Waals surface area contributed by atoms with Crippen LogP contribution in [0.2, 0.25) is 0 Å². The summed E-state index contributed by atoms with van der Waals surface area (Å²) in [6.45, 7) is 3.08. The van der Waals surface area contributed by atoms with Gasteiger partial charge in [0.05, 0.1) is 11.6 Å². The number of phenols is 1. The monoisotopic (exact) mass is 462 g/mol. The molecule has 34 heavy (non-hydrogen) atoms. The summed E-state index contributed by atoms with van der Waals surface area (Å²) in [5.74, 6) is 0.461. The minimum atomic E-state index is -0.712. The Balaban J connectivity index is 1.37. The van der Waals surface area contributed by atoms with Crippen LogP contribution >= 0.6 is 0 Å². The quantitative estimate of drug-likeness (QED) is 0.601.